The van der Waals surface area contributed by atoms with Gasteiger partial charge >= 0.3 is 0 Å². The maximum atomic E-state index is 6.13. The van der Waals surface area contributed by atoms with Crippen molar-refractivity contribution in [2.75, 3.05) is 5.73 Å². The average Bonchev–Trinajstić information content (AvgIpc) is 2.78. The molecular weight excluding hydrogens is 246 g/mol. The Kier molecular flexibility index (Phi) is 2.78. The summed E-state index contributed by atoms with van der Waals surface area (Å²) in [5.41, 5.74) is 9.95. The molecule has 0 saturated heterocycles. The standard InChI is InChI=1S/C17H19N3/c1-17(2,3)20-15-11-7-6-10-14(15)19-16(20)12-8-4-5-9-13(12)18/h4-11H,18H2,1-3H3. The van der Waals surface area contributed by atoms with Crippen molar-refractivity contribution in [1.82, 2.24) is 9.55 Å². The first-order valence-corrected chi connectivity index (χ1v) is 6.81. The lowest BCUT2D eigenvalue weighted by Crippen LogP contribution is -2.22. The van der Waals surface area contributed by atoms with Crippen LogP contribution in [-0.2, 0) is 5.54 Å². The van der Waals surface area contributed by atoms with Crippen molar-refractivity contribution in [3.05, 3.63) is 48.5 Å². The van der Waals surface area contributed by atoms with Gasteiger partial charge in [-0.3, -0.25) is 0 Å². The summed E-state index contributed by atoms with van der Waals surface area (Å²) in [6.45, 7) is 6.55. The Labute approximate surface area is 119 Å². The molecule has 0 aliphatic heterocycles. The fraction of sp³-hybridized carbons (Fsp3) is 0.235. The molecule has 0 atom stereocenters. The van der Waals surface area contributed by atoms with Crippen LogP contribution in [0.4, 0.5) is 5.69 Å². The zero-order valence-corrected chi connectivity index (χ0v) is 12.1. The van der Waals surface area contributed by atoms with E-state index in [1.54, 1.807) is 0 Å². The molecule has 102 valence electrons. The number of imidazole rings is 1. The van der Waals surface area contributed by atoms with Crippen molar-refractivity contribution in [3.63, 3.8) is 0 Å². The van der Waals surface area contributed by atoms with E-state index in [9.17, 15) is 0 Å². The number of fused-ring (bicyclic) bond motifs is 1. The quantitative estimate of drug-likeness (QED) is 0.675. The van der Waals surface area contributed by atoms with Crippen LogP contribution in [0.1, 0.15) is 20.8 Å². The molecule has 0 saturated carbocycles. The molecule has 3 heteroatoms. The second-order valence-corrected chi connectivity index (χ2v) is 6.02. The molecule has 0 bridgehead atoms. The molecule has 1 heterocycles. The minimum absolute atomic E-state index is 0.0618. The van der Waals surface area contributed by atoms with Gasteiger partial charge in [-0.25, -0.2) is 4.98 Å². The van der Waals surface area contributed by atoms with E-state index >= 15 is 0 Å². The second-order valence-electron chi connectivity index (χ2n) is 6.02. The lowest BCUT2D eigenvalue weighted by molar-refractivity contribution is 0.413. The normalized spacial score (nSPS) is 11.9. The summed E-state index contributed by atoms with van der Waals surface area (Å²) in [6.07, 6.45) is 0. The van der Waals surface area contributed by atoms with E-state index in [-0.39, 0.29) is 5.54 Å². The molecule has 2 aromatic carbocycles. The van der Waals surface area contributed by atoms with Gasteiger partial charge in [0.1, 0.15) is 5.82 Å². The number of anilines is 1. The maximum absolute atomic E-state index is 6.13. The highest BCUT2D eigenvalue weighted by Gasteiger charge is 2.22. The number of nitrogens with two attached hydrogens (primary N) is 1. The van der Waals surface area contributed by atoms with Crippen LogP contribution < -0.4 is 5.73 Å². The third-order valence-electron chi connectivity index (χ3n) is 3.43. The average molecular weight is 265 g/mol. The molecule has 3 nitrogen and oxygen atoms in total. The number of hydrogen-bond donors (Lipinski definition) is 1. The lowest BCUT2D eigenvalue weighted by Gasteiger charge is -2.25. The molecule has 0 amide bonds. The number of para-hydroxylation sites is 3. The summed E-state index contributed by atoms with van der Waals surface area (Å²) < 4.78 is 2.26. The molecule has 1 aromatic heterocycles. The van der Waals surface area contributed by atoms with Gasteiger partial charge in [0.2, 0.25) is 0 Å². The smallest absolute Gasteiger partial charge is 0.143 e. The van der Waals surface area contributed by atoms with Crippen LogP contribution in [0, 0.1) is 0 Å². The molecule has 0 spiro atoms. The van der Waals surface area contributed by atoms with E-state index in [0.717, 1.165) is 28.1 Å². The van der Waals surface area contributed by atoms with Crippen LogP contribution in [0.25, 0.3) is 22.4 Å². The Morgan fingerprint density at radius 3 is 2.30 bits per heavy atom. The van der Waals surface area contributed by atoms with Crippen LogP contribution >= 0.6 is 0 Å². The Bertz CT molecular complexity index is 763. The van der Waals surface area contributed by atoms with Gasteiger partial charge in [-0.2, -0.15) is 0 Å². The number of nitrogens with zero attached hydrogens (tertiary/aromatic N) is 2. The largest absolute Gasteiger partial charge is 0.398 e. The Balaban J connectivity index is 2.39. The second kappa shape index (κ2) is 4.37. The number of nitrogen functional groups attached to an aromatic ring is 1. The third-order valence-corrected chi connectivity index (χ3v) is 3.43. The first kappa shape index (κ1) is 12.7. The topological polar surface area (TPSA) is 43.8 Å². The fourth-order valence-electron chi connectivity index (χ4n) is 2.59. The summed E-state index contributed by atoms with van der Waals surface area (Å²) >= 11 is 0. The van der Waals surface area contributed by atoms with Gasteiger partial charge in [0, 0.05) is 16.8 Å². The summed E-state index contributed by atoms with van der Waals surface area (Å²) in [4.78, 5) is 4.79. The summed E-state index contributed by atoms with van der Waals surface area (Å²) in [5.74, 6) is 0.928. The van der Waals surface area contributed by atoms with Gasteiger partial charge in [0.15, 0.2) is 0 Å². The number of benzene rings is 2. The van der Waals surface area contributed by atoms with E-state index in [4.69, 9.17) is 10.7 Å². The van der Waals surface area contributed by atoms with E-state index in [0.29, 0.717) is 0 Å². The number of hydrogen-bond acceptors (Lipinski definition) is 2. The zero-order valence-electron chi connectivity index (χ0n) is 12.1. The molecule has 20 heavy (non-hydrogen) atoms. The molecule has 0 unspecified atom stereocenters. The first-order chi connectivity index (χ1) is 9.48. The van der Waals surface area contributed by atoms with Crippen LogP contribution in [0.5, 0.6) is 0 Å². The molecule has 3 aromatic rings. The predicted octanol–water partition coefficient (Wildman–Crippen LogP) is 4.04. The van der Waals surface area contributed by atoms with Crippen molar-refractivity contribution in [2.45, 2.75) is 26.3 Å². The van der Waals surface area contributed by atoms with Crippen molar-refractivity contribution < 1.29 is 0 Å². The van der Waals surface area contributed by atoms with Gasteiger partial charge < -0.3 is 10.3 Å². The summed E-state index contributed by atoms with van der Waals surface area (Å²) in [5, 5.41) is 0. The minimum atomic E-state index is -0.0618. The van der Waals surface area contributed by atoms with Gasteiger partial charge in [0.05, 0.1) is 11.0 Å². The minimum Gasteiger partial charge on any atom is -0.398 e. The third kappa shape index (κ3) is 1.95. The molecule has 0 radical (unpaired) electrons. The highest BCUT2D eigenvalue weighted by Crippen LogP contribution is 2.33. The van der Waals surface area contributed by atoms with E-state index in [1.165, 1.54) is 0 Å². The van der Waals surface area contributed by atoms with Gasteiger partial charge in [-0.15, -0.1) is 0 Å². The SMILES string of the molecule is CC(C)(C)n1c(-c2ccccc2N)nc2ccccc21. The van der Waals surface area contributed by atoms with Crippen LogP contribution in [0.15, 0.2) is 48.5 Å². The van der Waals surface area contributed by atoms with Crippen molar-refractivity contribution in [2.24, 2.45) is 0 Å². The predicted molar refractivity (Wildman–Crippen MR) is 84.6 cm³/mol. The van der Waals surface area contributed by atoms with Gasteiger partial charge in [0.25, 0.3) is 0 Å². The number of aromatic nitrogens is 2. The van der Waals surface area contributed by atoms with Crippen molar-refractivity contribution in [3.8, 4) is 11.4 Å². The maximum Gasteiger partial charge on any atom is 0.143 e. The molecule has 0 fully saturated rings. The van der Waals surface area contributed by atoms with Crippen LogP contribution in [0.3, 0.4) is 0 Å². The van der Waals surface area contributed by atoms with E-state index < -0.39 is 0 Å². The van der Waals surface area contributed by atoms with Crippen LogP contribution in [0.2, 0.25) is 0 Å². The molecular formula is C17H19N3. The summed E-state index contributed by atoms with van der Waals surface area (Å²) in [6, 6.07) is 16.1. The molecule has 0 aliphatic rings. The highest BCUT2D eigenvalue weighted by molar-refractivity contribution is 5.84. The highest BCUT2D eigenvalue weighted by atomic mass is 15.1. The lowest BCUT2D eigenvalue weighted by atomic mass is 10.1. The Hall–Kier alpha value is -2.29. The van der Waals surface area contributed by atoms with E-state index in [1.807, 2.05) is 42.5 Å². The Morgan fingerprint density at radius 1 is 0.950 bits per heavy atom. The number of rotatable bonds is 1. The Morgan fingerprint density at radius 2 is 1.60 bits per heavy atom. The molecule has 0 aliphatic carbocycles. The zero-order chi connectivity index (χ0) is 14.3. The van der Waals surface area contributed by atoms with Crippen molar-refractivity contribution >= 4 is 16.7 Å². The van der Waals surface area contributed by atoms with Crippen molar-refractivity contribution in [1.29, 1.82) is 0 Å². The van der Waals surface area contributed by atoms with Crippen LogP contribution in [-0.4, -0.2) is 9.55 Å². The molecule has 2 N–H and O–H groups in total. The molecule has 3 rings (SSSR count). The summed E-state index contributed by atoms with van der Waals surface area (Å²) in [7, 11) is 0. The van der Waals surface area contributed by atoms with Gasteiger partial charge in [-0.1, -0.05) is 24.3 Å². The fourth-order valence-corrected chi connectivity index (χ4v) is 2.59. The van der Waals surface area contributed by atoms with Gasteiger partial charge in [-0.05, 0) is 45.0 Å². The monoisotopic (exact) mass is 265 g/mol. The first-order valence-electron chi connectivity index (χ1n) is 6.81. The van der Waals surface area contributed by atoms with E-state index in [2.05, 4.69) is 31.4 Å².